The van der Waals surface area contributed by atoms with Crippen LogP contribution in [0.2, 0.25) is 0 Å². The highest BCUT2D eigenvalue weighted by Gasteiger charge is 2.55. The molecule has 0 spiro atoms. The Hall–Kier alpha value is -6.79. The van der Waals surface area contributed by atoms with Gasteiger partial charge in [0.15, 0.2) is 31.7 Å². The summed E-state index contributed by atoms with van der Waals surface area (Å²) in [4.78, 5) is 60.3. The van der Waals surface area contributed by atoms with Crippen molar-refractivity contribution < 1.29 is 41.9 Å². The minimum absolute atomic E-state index is 0.00743. The number of H-pyrrole nitrogens is 2. The van der Waals surface area contributed by atoms with Gasteiger partial charge in [-0.2, -0.15) is 10.2 Å². The molecule has 20 nitrogen and oxygen atoms in total. The minimum atomic E-state index is -3.35. The van der Waals surface area contributed by atoms with E-state index in [1.807, 2.05) is 82.3 Å². The second kappa shape index (κ2) is 23.4. The lowest BCUT2D eigenvalue weighted by molar-refractivity contribution is -0.0913. The van der Waals surface area contributed by atoms with Crippen molar-refractivity contribution in [3.8, 4) is 17.6 Å². The van der Waals surface area contributed by atoms with E-state index in [4.69, 9.17) is 37.9 Å². The van der Waals surface area contributed by atoms with E-state index < -0.39 is 84.3 Å². The normalized spacial score (nSPS) is 22.0. The summed E-state index contributed by atoms with van der Waals surface area (Å²) >= 11 is 0. The molecule has 0 unspecified atom stereocenters. The predicted octanol–water partition coefficient (Wildman–Crippen LogP) is 6.27. The smallest absolute Gasteiger partial charge is 0.330 e. The molecule has 22 heteroatoms. The van der Waals surface area contributed by atoms with E-state index in [0.717, 1.165) is 16.2 Å². The van der Waals surface area contributed by atoms with Crippen molar-refractivity contribution >= 4 is 7.29 Å². The molecule has 2 fully saturated rings. The molecule has 2 saturated heterocycles. The number of hydrogen-bond donors (Lipinski definition) is 2. The van der Waals surface area contributed by atoms with E-state index in [2.05, 4.69) is 21.2 Å². The highest BCUT2D eigenvalue weighted by atomic mass is 31.2. The molecule has 3 aromatic carbocycles. The van der Waals surface area contributed by atoms with Crippen molar-refractivity contribution in [2.75, 3.05) is 27.9 Å². The fraction of sp³-hybridized carbons (Fsp3) is 0.453. The monoisotopic (exact) mass is 1050 g/mol. The fourth-order valence-corrected chi connectivity index (χ4v) is 14.0. The van der Waals surface area contributed by atoms with E-state index in [9.17, 15) is 24.4 Å². The van der Waals surface area contributed by atoms with Gasteiger partial charge < -0.3 is 37.5 Å². The summed E-state index contributed by atoms with van der Waals surface area (Å²) in [5, 5.41) is 14.2. The van der Waals surface area contributed by atoms with Gasteiger partial charge in [0.05, 0.1) is 45.1 Å². The van der Waals surface area contributed by atoms with Crippen molar-refractivity contribution in [3.05, 3.63) is 173 Å². The number of nitriles is 1. The Labute approximate surface area is 431 Å². The molecule has 8 atom stereocenters. The minimum Gasteiger partial charge on any atom is -0.497 e. The van der Waals surface area contributed by atoms with Gasteiger partial charge in [-0.15, -0.1) is 0 Å². The largest absolute Gasteiger partial charge is 0.497 e. The van der Waals surface area contributed by atoms with Crippen LogP contribution in [-0.4, -0.2) is 104 Å². The van der Waals surface area contributed by atoms with Gasteiger partial charge in [-0.05, 0) is 41.0 Å². The first-order valence-corrected chi connectivity index (χ1v) is 26.5. The molecule has 0 bridgehead atoms. The van der Waals surface area contributed by atoms with Crippen LogP contribution in [0, 0.1) is 17.2 Å². The number of aromatic nitrogens is 6. The number of nitrogens with zero attached hydrogens (tertiary/aromatic N) is 6. The predicted molar refractivity (Wildman–Crippen MR) is 273 cm³/mol. The van der Waals surface area contributed by atoms with E-state index >= 15 is 8.96 Å². The number of rotatable bonds is 22. The summed E-state index contributed by atoms with van der Waals surface area (Å²) in [6.45, 7) is 7.60. The summed E-state index contributed by atoms with van der Waals surface area (Å²) < 4.78 is 80.5. The van der Waals surface area contributed by atoms with Gasteiger partial charge in [0.2, 0.25) is 5.89 Å². The quantitative estimate of drug-likeness (QED) is 0.0712. The van der Waals surface area contributed by atoms with E-state index in [1.54, 1.807) is 43.2 Å². The molecule has 0 radical (unpaired) electrons. The maximum Gasteiger partial charge on any atom is 0.330 e. The Morgan fingerprint density at radius 2 is 1.35 bits per heavy atom. The van der Waals surface area contributed by atoms with Gasteiger partial charge in [0.25, 0.3) is 11.1 Å². The summed E-state index contributed by atoms with van der Waals surface area (Å²) in [6.07, 6.45) is -5.35. The van der Waals surface area contributed by atoms with Crippen LogP contribution >= 0.6 is 7.29 Å². The average molecular weight is 1050 g/mol. The van der Waals surface area contributed by atoms with Crippen molar-refractivity contribution in [2.24, 2.45) is 5.92 Å². The van der Waals surface area contributed by atoms with Crippen LogP contribution in [-0.2, 0) is 48.6 Å². The lowest BCUT2D eigenvalue weighted by atomic mass is 9.78. The zero-order valence-electron chi connectivity index (χ0n) is 42.7. The number of hydrogen-bond acceptors (Lipinski definition) is 15. The maximum absolute atomic E-state index is 17.7. The van der Waals surface area contributed by atoms with Crippen LogP contribution in [0.25, 0.3) is 0 Å². The SMILES string of the molecule is COc1ccc(C(C[C@@H]2O[C@@H](n3ccc(=O)[nH]c3=O)[C@H](F)[C@@H]2Cc2nc(C[C@H]3O[C@@H](n4ccc(=O)[nH]c4=O)[C@H](OC)[C@@H]3N(CCC#N)P(=O)(C(C)C)C(C)C)no2)(OCc2ccccc2)c2ccc(OC)cc2)cc1. The van der Waals surface area contributed by atoms with Gasteiger partial charge in [-0.25, -0.2) is 18.6 Å². The van der Waals surface area contributed by atoms with Crippen LogP contribution in [0.1, 0.15) is 81.4 Å². The lowest BCUT2D eigenvalue weighted by Gasteiger charge is -2.43. The molecule has 2 N–H and O–H groups in total. The Bertz CT molecular complexity index is 3150. The first kappa shape index (κ1) is 54.5. The van der Waals surface area contributed by atoms with Gasteiger partial charge >= 0.3 is 11.4 Å². The van der Waals surface area contributed by atoms with E-state index in [1.165, 1.54) is 30.1 Å². The third-order valence-corrected chi connectivity index (χ3v) is 18.4. The Kier molecular flexibility index (Phi) is 17.0. The number of alkyl halides is 1. The van der Waals surface area contributed by atoms with Crippen LogP contribution in [0.15, 0.2) is 127 Å². The molecule has 0 aliphatic carbocycles. The van der Waals surface area contributed by atoms with Gasteiger partial charge in [-0.3, -0.25) is 28.7 Å². The standard InChI is InChI=1S/C53H62FN8O12P/c1-32(2)75(67,33(3)4)62(25-11-24-55)47-40(72-50(48(47)70-7)61-27-23-44(64)58-52(61)66)29-42-56-45(74-59-42)28-39-41(73-49(46(39)54)60-26-22-43(63)57-51(60)65)30-53(35-14-18-37(68-5)19-15-35,36-16-20-38(69-6)21-17-36)71-31-34-12-9-8-10-13-34/h8-10,12-23,26-27,32-33,39-41,46-50H,11,25,28-31H2,1-7H3,(H,57,63,65)(H,58,64,66)/t39-,40-,41+,46-,47-,48-,49-,50-/m1/s1. The molecule has 3 aromatic heterocycles. The van der Waals surface area contributed by atoms with E-state index in [-0.39, 0.29) is 61.9 Å². The van der Waals surface area contributed by atoms with E-state index in [0.29, 0.717) is 22.6 Å². The van der Waals surface area contributed by atoms with Crippen LogP contribution < -0.4 is 32.0 Å². The molecule has 398 valence electrons. The van der Waals surface area contributed by atoms with Gasteiger partial charge in [0.1, 0.15) is 23.2 Å². The average Bonchev–Trinajstić information content (AvgIpc) is 4.11. The summed E-state index contributed by atoms with van der Waals surface area (Å²) in [7, 11) is 1.20. The van der Waals surface area contributed by atoms with Crippen molar-refractivity contribution in [2.45, 2.75) is 120 Å². The zero-order valence-corrected chi connectivity index (χ0v) is 43.6. The molecule has 0 amide bonds. The number of halogens is 1. The first-order chi connectivity index (χ1) is 36.0. The molecule has 0 saturated carbocycles. The molecule has 2 aliphatic heterocycles. The fourth-order valence-electron chi connectivity index (χ4n) is 10.5. The lowest BCUT2D eigenvalue weighted by Crippen LogP contribution is -2.50. The van der Waals surface area contributed by atoms with Gasteiger partial charge in [0, 0.05) is 81.1 Å². The molecular formula is C53H62FN8O12P. The number of aromatic amines is 2. The highest BCUT2D eigenvalue weighted by molar-refractivity contribution is 7.62. The summed E-state index contributed by atoms with van der Waals surface area (Å²) in [5.41, 5.74) is -2.82. The third-order valence-electron chi connectivity index (χ3n) is 14.2. The third kappa shape index (κ3) is 11.3. The Balaban J connectivity index is 1.20. The molecule has 5 heterocycles. The molecule has 6 aromatic rings. The molecule has 8 rings (SSSR count). The molecule has 75 heavy (non-hydrogen) atoms. The second-order valence-electron chi connectivity index (χ2n) is 19.2. The van der Waals surface area contributed by atoms with Crippen molar-refractivity contribution in [1.82, 2.24) is 33.9 Å². The Morgan fingerprint density at radius 3 is 1.87 bits per heavy atom. The number of methoxy groups -OCH3 is 3. The molecule has 2 aliphatic rings. The number of nitrogens with one attached hydrogen (secondary N) is 2. The summed E-state index contributed by atoms with van der Waals surface area (Å²) in [5.74, 6) is 0.210. The topological polar surface area (TPSA) is 248 Å². The molecular weight excluding hydrogens is 991 g/mol. The first-order valence-electron chi connectivity index (χ1n) is 24.7. The number of ether oxygens (including phenoxy) is 6. The summed E-state index contributed by atoms with van der Waals surface area (Å²) in [6, 6.07) is 27.8. The maximum atomic E-state index is 17.7. The van der Waals surface area contributed by atoms with Crippen LogP contribution in [0.4, 0.5) is 4.39 Å². The second-order valence-corrected chi connectivity index (χ2v) is 23.1. The van der Waals surface area contributed by atoms with Crippen LogP contribution in [0.3, 0.4) is 0 Å². The number of benzene rings is 3. The van der Waals surface area contributed by atoms with Crippen molar-refractivity contribution in [1.29, 1.82) is 5.26 Å². The Morgan fingerprint density at radius 1 is 0.787 bits per heavy atom. The van der Waals surface area contributed by atoms with Crippen molar-refractivity contribution in [3.63, 3.8) is 0 Å². The van der Waals surface area contributed by atoms with Gasteiger partial charge in [-0.1, -0.05) is 87.4 Å². The van der Waals surface area contributed by atoms with Crippen LogP contribution in [0.5, 0.6) is 11.5 Å². The highest BCUT2D eigenvalue weighted by Crippen LogP contribution is 2.61. The zero-order chi connectivity index (χ0) is 53.6.